The maximum Gasteiger partial charge on any atom is 0.337 e. The number of rotatable bonds is 2. The van der Waals surface area contributed by atoms with E-state index in [4.69, 9.17) is 5.11 Å². The maximum absolute atomic E-state index is 10.4. The number of pyridine rings is 1. The Morgan fingerprint density at radius 2 is 2.25 bits per heavy atom. The van der Waals surface area contributed by atoms with Crippen LogP contribution in [0.3, 0.4) is 0 Å². The fraction of sp³-hybridized carbons (Fsp3) is 0.111. The van der Waals surface area contributed by atoms with Crippen molar-refractivity contribution in [3.05, 3.63) is 36.2 Å². The first-order valence-electron chi connectivity index (χ1n) is 3.46. The Morgan fingerprint density at radius 1 is 1.58 bits per heavy atom. The molecule has 0 saturated heterocycles. The third-order valence-electron chi connectivity index (χ3n) is 1.48. The summed E-state index contributed by atoms with van der Waals surface area (Å²) in [7, 11) is 0. The molecule has 1 aromatic heterocycles. The van der Waals surface area contributed by atoms with Gasteiger partial charge in [-0.1, -0.05) is 12.6 Å². The van der Waals surface area contributed by atoms with Crippen molar-refractivity contribution >= 4 is 11.5 Å². The third kappa shape index (κ3) is 1.69. The maximum atomic E-state index is 10.4. The predicted octanol–water partition coefficient (Wildman–Crippen LogP) is 1.49. The van der Waals surface area contributed by atoms with Crippen LogP contribution in [0.15, 0.2) is 24.9 Å². The van der Waals surface area contributed by atoms with Crippen molar-refractivity contribution in [2.45, 2.75) is 6.92 Å². The van der Waals surface area contributed by atoms with Crippen LogP contribution in [-0.4, -0.2) is 16.1 Å². The zero-order valence-corrected chi connectivity index (χ0v) is 6.74. The number of aromatic nitrogens is 1. The van der Waals surface area contributed by atoms with Gasteiger partial charge in [-0.15, -0.1) is 0 Å². The van der Waals surface area contributed by atoms with E-state index in [0.717, 1.165) is 5.56 Å². The Bertz CT molecular complexity index is 314. The Balaban J connectivity index is 2.98. The van der Waals surface area contributed by atoms with Crippen LogP contribution in [-0.2, 0) is 4.79 Å². The highest BCUT2D eigenvalue weighted by Gasteiger charge is 2.06. The first-order valence-corrected chi connectivity index (χ1v) is 3.46. The molecule has 3 heteroatoms. The van der Waals surface area contributed by atoms with Gasteiger partial charge in [0.05, 0.1) is 11.3 Å². The average Bonchev–Trinajstić information content (AvgIpc) is 2.04. The minimum atomic E-state index is -1.04. The number of aliphatic carboxylic acids is 1. The van der Waals surface area contributed by atoms with Gasteiger partial charge in [0.2, 0.25) is 0 Å². The van der Waals surface area contributed by atoms with E-state index in [9.17, 15) is 4.79 Å². The molecule has 0 aliphatic rings. The first kappa shape index (κ1) is 8.46. The van der Waals surface area contributed by atoms with Crippen molar-refractivity contribution in [2.75, 3.05) is 0 Å². The molecule has 3 nitrogen and oxygen atoms in total. The average molecular weight is 163 g/mol. The molecule has 0 saturated carbocycles. The van der Waals surface area contributed by atoms with E-state index < -0.39 is 5.97 Å². The van der Waals surface area contributed by atoms with E-state index in [1.165, 1.54) is 0 Å². The fourth-order valence-corrected chi connectivity index (χ4v) is 0.756. The monoisotopic (exact) mass is 163 g/mol. The van der Waals surface area contributed by atoms with Gasteiger partial charge in [-0.3, -0.25) is 4.98 Å². The minimum Gasteiger partial charge on any atom is -0.478 e. The summed E-state index contributed by atoms with van der Waals surface area (Å²) in [5.41, 5.74) is 1.43. The number of hydrogen-bond acceptors (Lipinski definition) is 2. The lowest BCUT2D eigenvalue weighted by Crippen LogP contribution is -1.99. The van der Waals surface area contributed by atoms with E-state index in [2.05, 4.69) is 11.6 Å². The molecule has 1 aromatic rings. The smallest absolute Gasteiger partial charge is 0.337 e. The van der Waals surface area contributed by atoms with Gasteiger partial charge in [0.15, 0.2) is 0 Å². The van der Waals surface area contributed by atoms with Crippen molar-refractivity contribution in [1.29, 1.82) is 0 Å². The Morgan fingerprint density at radius 3 is 2.67 bits per heavy atom. The van der Waals surface area contributed by atoms with Gasteiger partial charge in [0, 0.05) is 6.20 Å². The van der Waals surface area contributed by atoms with E-state index in [0.29, 0.717) is 5.69 Å². The number of nitrogens with zero attached hydrogens (tertiary/aromatic N) is 1. The summed E-state index contributed by atoms with van der Waals surface area (Å²) in [5, 5.41) is 8.57. The molecule has 0 amide bonds. The lowest BCUT2D eigenvalue weighted by atomic mass is 10.2. The topological polar surface area (TPSA) is 50.2 Å². The van der Waals surface area contributed by atoms with Gasteiger partial charge in [0.25, 0.3) is 0 Å². The SMILES string of the molecule is C=C(C(=O)O)c1ccc(C)cn1. The van der Waals surface area contributed by atoms with E-state index in [1.807, 2.05) is 6.92 Å². The van der Waals surface area contributed by atoms with E-state index in [-0.39, 0.29) is 5.57 Å². The largest absolute Gasteiger partial charge is 0.478 e. The van der Waals surface area contributed by atoms with Gasteiger partial charge in [-0.25, -0.2) is 4.79 Å². The van der Waals surface area contributed by atoms with Crippen molar-refractivity contribution in [1.82, 2.24) is 4.98 Å². The van der Waals surface area contributed by atoms with Crippen LogP contribution in [0.2, 0.25) is 0 Å². The van der Waals surface area contributed by atoms with Crippen molar-refractivity contribution in [2.24, 2.45) is 0 Å². The highest BCUT2D eigenvalue weighted by atomic mass is 16.4. The molecule has 12 heavy (non-hydrogen) atoms. The third-order valence-corrected chi connectivity index (χ3v) is 1.48. The summed E-state index contributed by atoms with van der Waals surface area (Å²) >= 11 is 0. The second-order valence-electron chi connectivity index (χ2n) is 2.50. The van der Waals surface area contributed by atoms with Crippen LogP contribution in [0.5, 0.6) is 0 Å². The van der Waals surface area contributed by atoms with Crippen LogP contribution in [0, 0.1) is 6.92 Å². The molecule has 0 fully saturated rings. The summed E-state index contributed by atoms with van der Waals surface area (Å²) in [6.07, 6.45) is 1.61. The minimum absolute atomic E-state index is 0.0231. The Kier molecular flexibility index (Phi) is 2.24. The number of aryl methyl sites for hydroxylation is 1. The van der Waals surface area contributed by atoms with Crippen LogP contribution < -0.4 is 0 Å². The summed E-state index contributed by atoms with van der Waals surface area (Å²) in [6.45, 7) is 5.28. The second-order valence-corrected chi connectivity index (χ2v) is 2.50. The van der Waals surface area contributed by atoms with Gasteiger partial charge in [-0.2, -0.15) is 0 Å². The van der Waals surface area contributed by atoms with E-state index in [1.54, 1.807) is 18.3 Å². The normalized spacial score (nSPS) is 9.42. The molecule has 1 rings (SSSR count). The molecule has 1 N–H and O–H groups in total. The Labute approximate surface area is 70.4 Å². The second kappa shape index (κ2) is 3.17. The zero-order chi connectivity index (χ0) is 9.14. The summed E-state index contributed by atoms with van der Waals surface area (Å²) in [6, 6.07) is 3.45. The molecule has 0 spiro atoms. The van der Waals surface area contributed by atoms with Crippen molar-refractivity contribution in [3.63, 3.8) is 0 Å². The lowest BCUT2D eigenvalue weighted by Gasteiger charge is -1.98. The number of carboxylic acid groups (broad SMARTS) is 1. The van der Waals surface area contributed by atoms with Crippen LogP contribution >= 0.6 is 0 Å². The van der Waals surface area contributed by atoms with Crippen LogP contribution in [0.25, 0.3) is 5.57 Å². The zero-order valence-electron chi connectivity index (χ0n) is 6.74. The van der Waals surface area contributed by atoms with Crippen LogP contribution in [0.1, 0.15) is 11.3 Å². The summed E-state index contributed by atoms with van der Waals surface area (Å²) < 4.78 is 0. The molecule has 0 radical (unpaired) electrons. The van der Waals surface area contributed by atoms with Gasteiger partial charge < -0.3 is 5.11 Å². The van der Waals surface area contributed by atoms with E-state index >= 15 is 0 Å². The molecule has 0 unspecified atom stereocenters. The number of hydrogen-bond donors (Lipinski definition) is 1. The molecule has 0 aliphatic heterocycles. The molecule has 0 atom stereocenters. The van der Waals surface area contributed by atoms with Crippen molar-refractivity contribution < 1.29 is 9.90 Å². The highest BCUT2D eigenvalue weighted by molar-refractivity contribution is 6.13. The number of carbonyl (C=O) groups is 1. The first-order chi connectivity index (χ1) is 5.61. The number of carboxylic acids is 1. The fourth-order valence-electron chi connectivity index (χ4n) is 0.756. The standard InChI is InChI=1S/C9H9NO2/c1-6-3-4-8(10-5-6)7(2)9(11)12/h3-5H,2H2,1H3,(H,11,12). The predicted molar refractivity (Wildman–Crippen MR) is 45.6 cm³/mol. The van der Waals surface area contributed by atoms with Crippen molar-refractivity contribution in [3.8, 4) is 0 Å². The highest BCUT2D eigenvalue weighted by Crippen LogP contribution is 2.09. The van der Waals surface area contributed by atoms with Crippen LogP contribution in [0.4, 0.5) is 0 Å². The quantitative estimate of drug-likeness (QED) is 0.672. The molecule has 62 valence electrons. The van der Waals surface area contributed by atoms with Gasteiger partial charge in [0.1, 0.15) is 0 Å². The van der Waals surface area contributed by atoms with Gasteiger partial charge >= 0.3 is 5.97 Å². The lowest BCUT2D eigenvalue weighted by molar-refractivity contribution is -0.130. The molecular weight excluding hydrogens is 154 g/mol. The molecule has 1 heterocycles. The Hall–Kier alpha value is -1.64. The summed E-state index contributed by atoms with van der Waals surface area (Å²) in [5.74, 6) is -1.04. The molecule has 0 aliphatic carbocycles. The molecular formula is C9H9NO2. The van der Waals surface area contributed by atoms with Gasteiger partial charge in [-0.05, 0) is 18.6 Å². The summed E-state index contributed by atoms with van der Waals surface area (Å²) in [4.78, 5) is 14.4. The molecule has 0 bridgehead atoms. The molecule has 0 aromatic carbocycles.